The van der Waals surface area contributed by atoms with Crippen LogP contribution in [0.1, 0.15) is 5.56 Å². The van der Waals surface area contributed by atoms with E-state index in [2.05, 4.69) is 4.72 Å². The number of nitrogens with two attached hydrogens (primary N) is 1. The molecule has 0 aromatic heterocycles. The molecule has 0 atom stereocenters. The van der Waals surface area contributed by atoms with Crippen LogP contribution in [0.3, 0.4) is 0 Å². The first kappa shape index (κ1) is 18.2. The van der Waals surface area contributed by atoms with Gasteiger partial charge in [-0.05, 0) is 38.7 Å². The van der Waals surface area contributed by atoms with Crippen LogP contribution in [0.2, 0.25) is 5.02 Å². The SMILES string of the molecule is Cc1c(N)cc(Cl)cc1S(=O)(=O)NCCOCCN(C)C. The fourth-order valence-electron chi connectivity index (χ4n) is 1.63. The Bertz CT molecular complexity index is 576. The van der Waals surface area contributed by atoms with Gasteiger partial charge in [-0.15, -0.1) is 0 Å². The lowest BCUT2D eigenvalue weighted by molar-refractivity contribution is 0.122. The summed E-state index contributed by atoms with van der Waals surface area (Å²) in [5.74, 6) is 0. The predicted molar refractivity (Wildman–Crippen MR) is 85.2 cm³/mol. The van der Waals surface area contributed by atoms with Crippen molar-refractivity contribution < 1.29 is 13.2 Å². The summed E-state index contributed by atoms with van der Waals surface area (Å²) in [5.41, 5.74) is 6.57. The van der Waals surface area contributed by atoms with E-state index in [9.17, 15) is 8.42 Å². The van der Waals surface area contributed by atoms with Gasteiger partial charge in [0.25, 0.3) is 0 Å². The summed E-state index contributed by atoms with van der Waals surface area (Å²) < 4.78 is 32.2. The van der Waals surface area contributed by atoms with Gasteiger partial charge in [-0.25, -0.2) is 13.1 Å². The van der Waals surface area contributed by atoms with Crippen molar-refractivity contribution in [3.05, 3.63) is 22.7 Å². The van der Waals surface area contributed by atoms with E-state index >= 15 is 0 Å². The van der Waals surface area contributed by atoms with Crippen LogP contribution in [0.25, 0.3) is 0 Å². The number of anilines is 1. The predicted octanol–water partition coefficient (Wildman–Crippen LogP) is 1.09. The molecule has 120 valence electrons. The lowest BCUT2D eigenvalue weighted by Crippen LogP contribution is -2.29. The average Bonchev–Trinajstić information content (AvgIpc) is 2.37. The van der Waals surface area contributed by atoms with Gasteiger partial charge in [0.2, 0.25) is 10.0 Å². The summed E-state index contributed by atoms with van der Waals surface area (Å²) in [6.45, 7) is 3.49. The first-order valence-electron chi connectivity index (χ1n) is 6.52. The average molecular weight is 336 g/mol. The van der Waals surface area contributed by atoms with Crippen molar-refractivity contribution in [1.82, 2.24) is 9.62 Å². The second-order valence-corrected chi connectivity index (χ2v) is 7.10. The quantitative estimate of drug-likeness (QED) is 0.548. The normalized spacial score (nSPS) is 12.0. The van der Waals surface area contributed by atoms with Crippen LogP contribution >= 0.6 is 11.6 Å². The third-order valence-electron chi connectivity index (χ3n) is 2.88. The molecule has 6 nitrogen and oxygen atoms in total. The molecule has 0 heterocycles. The molecule has 0 aliphatic carbocycles. The maximum Gasteiger partial charge on any atom is 0.241 e. The highest BCUT2D eigenvalue weighted by Gasteiger charge is 2.18. The summed E-state index contributed by atoms with van der Waals surface area (Å²) in [6.07, 6.45) is 0. The first-order valence-corrected chi connectivity index (χ1v) is 8.38. The third-order valence-corrected chi connectivity index (χ3v) is 4.68. The van der Waals surface area contributed by atoms with Crippen molar-refractivity contribution in [3.63, 3.8) is 0 Å². The van der Waals surface area contributed by atoms with Crippen molar-refractivity contribution in [3.8, 4) is 0 Å². The van der Waals surface area contributed by atoms with E-state index in [1.807, 2.05) is 19.0 Å². The Kier molecular flexibility index (Phi) is 6.89. The molecular formula is C13H22ClN3O3S. The summed E-state index contributed by atoms with van der Waals surface area (Å²) in [7, 11) is 0.241. The molecule has 0 aliphatic rings. The number of sulfonamides is 1. The van der Waals surface area contributed by atoms with Crippen LogP contribution in [-0.2, 0) is 14.8 Å². The molecule has 0 amide bonds. The number of ether oxygens (including phenoxy) is 1. The van der Waals surface area contributed by atoms with Gasteiger partial charge in [-0.3, -0.25) is 0 Å². The Balaban J connectivity index is 2.59. The highest BCUT2D eigenvalue weighted by molar-refractivity contribution is 7.89. The molecule has 0 fully saturated rings. The molecule has 1 aromatic rings. The second kappa shape index (κ2) is 7.95. The molecule has 1 aromatic carbocycles. The second-order valence-electron chi connectivity index (χ2n) is 4.93. The van der Waals surface area contributed by atoms with E-state index in [1.54, 1.807) is 6.92 Å². The first-order chi connectivity index (χ1) is 9.74. The molecule has 1 rings (SSSR count). The van der Waals surface area contributed by atoms with Crippen LogP contribution in [0.15, 0.2) is 17.0 Å². The molecule has 0 bridgehead atoms. The number of hydrogen-bond donors (Lipinski definition) is 2. The standard InChI is InChI=1S/C13H22ClN3O3S/c1-10-12(15)8-11(14)9-13(10)21(18,19)16-4-6-20-7-5-17(2)3/h8-9,16H,4-7,15H2,1-3H3. The minimum absolute atomic E-state index is 0.0980. The van der Waals surface area contributed by atoms with Crippen LogP contribution < -0.4 is 10.5 Å². The van der Waals surface area contributed by atoms with E-state index in [0.29, 0.717) is 29.5 Å². The number of benzene rings is 1. The number of halogens is 1. The van der Waals surface area contributed by atoms with Gasteiger partial charge in [0.05, 0.1) is 18.1 Å². The number of hydrogen-bond acceptors (Lipinski definition) is 5. The summed E-state index contributed by atoms with van der Waals surface area (Å²) in [4.78, 5) is 2.09. The number of nitrogen functional groups attached to an aromatic ring is 1. The Morgan fingerprint density at radius 3 is 2.62 bits per heavy atom. The highest BCUT2D eigenvalue weighted by Crippen LogP contribution is 2.25. The molecule has 8 heteroatoms. The Morgan fingerprint density at radius 2 is 2.00 bits per heavy atom. The van der Waals surface area contributed by atoms with Crippen LogP contribution in [0, 0.1) is 6.92 Å². The largest absolute Gasteiger partial charge is 0.398 e. The summed E-state index contributed by atoms with van der Waals surface area (Å²) in [6, 6.07) is 2.92. The molecule has 0 radical (unpaired) electrons. The van der Waals surface area contributed by atoms with Gasteiger partial charge in [0.15, 0.2) is 0 Å². The molecule has 0 saturated carbocycles. The van der Waals surface area contributed by atoms with Gasteiger partial charge in [0, 0.05) is 23.8 Å². The Labute approximate surface area is 131 Å². The lowest BCUT2D eigenvalue weighted by atomic mass is 10.2. The molecular weight excluding hydrogens is 314 g/mol. The monoisotopic (exact) mass is 335 g/mol. The zero-order chi connectivity index (χ0) is 16.0. The Hall–Kier alpha value is -0.860. The summed E-state index contributed by atoms with van der Waals surface area (Å²) >= 11 is 5.86. The molecule has 3 N–H and O–H groups in total. The van der Waals surface area contributed by atoms with Crippen molar-refractivity contribution in [2.24, 2.45) is 0 Å². The molecule has 0 unspecified atom stereocenters. The minimum Gasteiger partial charge on any atom is -0.398 e. The number of rotatable bonds is 8. The van der Waals surface area contributed by atoms with Gasteiger partial charge in [0.1, 0.15) is 0 Å². The van der Waals surface area contributed by atoms with Gasteiger partial charge < -0.3 is 15.4 Å². The zero-order valence-corrected chi connectivity index (χ0v) is 14.1. The van der Waals surface area contributed by atoms with Gasteiger partial charge in [-0.1, -0.05) is 11.6 Å². The number of nitrogens with one attached hydrogen (secondary N) is 1. The summed E-state index contributed by atoms with van der Waals surface area (Å²) in [5, 5.41) is 0.292. The van der Waals surface area contributed by atoms with Crippen LogP contribution in [0.4, 0.5) is 5.69 Å². The van der Waals surface area contributed by atoms with E-state index in [4.69, 9.17) is 22.1 Å². The van der Waals surface area contributed by atoms with E-state index < -0.39 is 10.0 Å². The van der Waals surface area contributed by atoms with E-state index in [0.717, 1.165) is 6.54 Å². The van der Waals surface area contributed by atoms with Crippen molar-refractivity contribution in [2.75, 3.05) is 46.1 Å². The lowest BCUT2D eigenvalue weighted by Gasteiger charge is -2.12. The van der Waals surface area contributed by atoms with Crippen LogP contribution in [0.5, 0.6) is 0 Å². The third kappa shape index (κ3) is 5.80. The fraction of sp³-hybridized carbons (Fsp3) is 0.538. The Morgan fingerprint density at radius 1 is 1.33 bits per heavy atom. The van der Waals surface area contributed by atoms with E-state index in [-0.39, 0.29) is 11.4 Å². The minimum atomic E-state index is -3.64. The van der Waals surface area contributed by atoms with Crippen LogP contribution in [-0.4, -0.2) is 53.7 Å². The molecule has 21 heavy (non-hydrogen) atoms. The molecule has 0 aliphatic heterocycles. The van der Waals surface area contributed by atoms with Gasteiger partial charge >= 0.3 is 0 Å². The maximum atomic E-state index is 12.2. The van der Waals surface area contributed by atoms with Crippen molar-refractivity contribution in [2.45, 2.75) is 11.8 Å². The molecule has 0 saturated heterocycles. The van der Waals surface area contributed by atoms with Gasteiger partial charge in [-0.2, -0.15) is 0 Å². The maximum absolute atomic E-state index is 12.2. The fourth-order valence-corrected chi connectivity index (χ4v) is 3.23. The topological polar surface area (TPSA) is 84.7 Å². The highest BCUT2D eigenvalue weighted by atomic mass is 35.5. The molecule has 0 spiro atoms. The smallest absolute Gasteiger partial charge is 0.241 e. The van der Waals surface area contributed by atoms with Crippen molar-refractivity contribution >= 4 is 27.3 Å². The number of likely N-dealkylation sites (N-methyl/N-ethyl adjacent to an activating group) is 1. The zero-order valence-electron chi connectivity index (χ0n) is 12.5. The van der Waals surface area contributed by atoms with Crippen molar-refractivity contribution in [1.29, 1.82) is 0 Å². The van der Waals surface area contributed by atoms with E-state index in [1.165, 1.54) is 12.1 Å². The number of nitrogens with zero attached hydrogens (tertiary/aromatic N) is 1.